The molecule has 1 unspecified atom stereocenters. The minimum atomic E-state index is -0.127. The molecule has 0 bridgehead atoms. The molecule has 13 heavy (non-hydrogen) atoms. The first kappa shape index (κ1) is 12.2. The van der Waals surface area contributed by atoms with Gasteiger partial charge in [0.25, 0.3) is 0 Å². The van der Waals surface area contributed by atoms with Crippen molar-refractivity contribution < 1.29 is 9.53 Å². The summed E-state index contributed by atoms with van der Waals surface area (Å²) in [5.41, 5.74) is -0.0962. The fraction of sp³-hybridized carbons (Fsp3) is 0.727. The van der Waals surface area contributed by atoms with E-state index in [1.165, 1.54) is 0 Å². The molecule has 0 aromatic carbocycles. The first-order chi connectivity index (χ1) is 6.08. The molecule has 0 aliphatic carbocycles. The summed E-state index contributed by atoms with van der Waals surface area (Å²) in [4.78, 5) is 11.2. The van der Waals surface area contributed by atoms with Crippen molar-refractivity contribution in [1.82, 2.24) is 0 Å². The maximum Gasteiger partial charge on any atom is 0.306 e. The number of hydrogen-bond donors (Lipinski definition) is 0. The quantitative estimate of drug-likeness (QED) is 0.468. The molecule has 0 aliphatic rings. The largest absolute Gasteiger partial charge is 0.466 e. The van der Waals surface area contributed by atoms with Gasteiger partial charge in [-0.15, -0.1) is 6.58 Å². The molecule has 0 spiro atoms. The van der Waals surface area contributed by atoms with Crippen LogP contribution in [0, 0.1) is 5.41 Å². The van der Waals surface area contributed by atoms with Crippen LogP contribution in [0.2, 0.25) is 0 Å². The van der Waals surface area contributed by atoms with Crippen molar-refractivity contribution in [2.24, 2.45) is 5.41 Å². The molecule has 0 saturated carbocycles. The summed E-state index contributed by atoms with van der Waals surface area (Å²) in [5.74, 6) is -0.127. The summed E-state index contributed by atoms with van der Waals surface area (Å²) in [6.45, 7) is 10.2. The van der Waals surface area contributed by atoms with Crippen molar-refractivity contribution in [2.45, 2.75) is 40.0 Å². The van der Waals surface area contributed by atoms with Gasteiger partial charge in [-0.25, -0.2) is 0 Å². The molecule has 0 saturated heterocycles. The van der Waals surface area contributed by atoms with Crippen LogP contribution in [0.25, 0.3) is 0 Å². The van der Waals surface area contributed by atoms with Crippen molar-refractivity contribution >= 4 is 5.97 Å². The predicted molar refractivity (Wildman–Crippen MR) is 54.5 cm³/mol. The van der Waals surface area contributed by atoms with Gasteiger partial charge < -0.3 is 4.74 Å². The molecule has 0 heterocycles. The van der Waals surface area contributed by atoms with E-state index in [1.807, 2.05) is 19.9 Å². The van der Waals surface area contributed by atoms with Crippen LogP contribution in [0.15, 0.2) is 12.7 Å². The standard InChI is InChI=1S/C11H20O2/c1-5-8-11(4,6-2)9-10(12)13-7-3/h6H,2,5,7-9H2,1,3-4H3. The van der Waals surface area contributed by atoms with Crippen molar-refractivity contribution in [2.75, 3.05) is 6.61 Å². The van der Waals surface area contributed by atoms with Gasteiger partial charge in [0.1, 0.15) is 0 Å². The average Bonchev–Trinajstić information content (AvgIpc) is 2.05. The molecule has 76 valence electrons. The third-order valence-electron chi connectivity index (χ3n) is 2.17. The van der Waals surface area contributed by atoms with Crippen molar-refractivity contribution in [3.63, 3.8) is 0 Å². The highest BCUT2D eigenvalue weighted by Gasteiger charge is 2.23. The monoisotopic (exact) mass is 184 g/mol. The third kappa shape index (κ3) is 4.71. The van der Waals surface area contributed by atoms with Crippen molar-refractivity contribution in [3.8, 4) is 0 Å². The van der Waals surface area contributed by atoms with Crippen LogP contribution in [0.3, 0.4) is 0 Å². The molecule has 2 heteroatoms. The predicted octanol–water partition coefficient (Wildman–Crippen LogP) is 2.93. The van der Waals surface area contributed by atoms with Crippen molar-refractivity contribution in [3.05, 3.63) is 12.7 Å². The zero-order valence-electron chi connectivity index (χ0n) is 8.93. The SMILES string of the molecule is C=CC(C)(CCC)CC(=O)OCC. The molecule has 0 radical (unpaired) electrons. The summed E-state index contributed by atoms with van der Waals surface area (Å²) >= 11 is 0. The Hall–Kier alpha value is -0.790. The highest BCUT2D eigenvalue weighted by Crippen LogP contribution is 2.29. The lowest BCUT2D eigenvalue weighted by Gasteiger charge is -2.23. The molecule has 0 rings (SSSR count). The summed E-state index contributed by atoms with van der Waals surface area (Å²) in [5, 5.41) is 0. The summed E-state index contributed by atoms with van der Waals surface area (Å²) < 4.78 is 4.90. The lowest BCUT2D eigenvalue weighted by atomic mass is 9.82. The number of ether oxygens (including phenoxy) is 1. The maximum absolute atomic E-state index is 11.2. The average molecular weight is 184 g/mol. The number of rotatable bonds is 6. The topological polar surface area (TPSA) is 26.3 Å². The van der Waals surface area contributed by atoms with Gasteiger partial charge in [-0.05, 0) is 18.8 Å². The first-order valence-electron chi connectivity index (χ1n) is 4.87. The Morgan fingerprint density at radius 3 is 2.54 bits per heavy atom. The summed E-state index contributed by atoms with van der Waals surface area (Å²) in [6.07, 6.45) is 4.34. The Kier molecular flexibility index (Phi) is 5.44. The summed E-state index contributed by atoms with van der Waals surface area (Å²) in [6, 6.07) is 0. The number of hydrogen-bond acceptors (Lipinski definition) is 2. The van der Waals surface area contributed by atoms with Gasteiger partial charge in [0.05, 0.1) is 13.0 Å². The second-order valence-corrected chi connectivity index (χ2v) is 3.59. The van der Waals surface area contributed by atoms with E-state index in [2.05, 4.69) is 13.5 Å². The van der Waals surface area contributed by atoms with E-state index in [4.69, 9.17) is 4.74 Å². The van der Waals surface area contributed by atoms with E-state index in [0.717, 1.165) is 12.8 Å². The smallest absolute Gasteiger partial charge is 0.306 e. The van der Waals surface area contributed by atoms with Gasteiger partial charge in [-0.3, -0.25) is 4.79 Å². The van der Waals surface area contributed by atoms with Crippen LogP contribution < -0.4 is 0 Å². The van der Waals surface area contributed by atoms with E-state index in [9.17, 15) is 4.79 Å². The van der Waals surface area contributed by atoms with Crippen molar-refractivity contribution in [1.29, 1.82) is 0 Å². The highest BCUT2D eigenvalue weighted by atomic mass is 16.5. The first-order valence-corrected chi connectivity index (χ1v) is 4.87. The molecule has 0 aliphatic heterocycles. The zero-order valence-corrected chi connectivity index (χ0v) is 8.93. The number of allylic oxidation sites excluding steroid dienone is 1. The fourth-order valence-corrected chi connectivity index (χ4v) is 1.38. The lowest BCUT2D eigenvalue weighted by Crippen LogP contribution is -2.19. The van der Waals surface area contributed by atoms with Gasteiger partial charge in [0, 0.05) is 0 Å². The van der Waals surface area contributed by atoms with E-state index in [1.54, 1.807) is 0 Å². The lowest BCUT2D eigenvalue weighted by molar-refractivity contribution is -0.145. The van der Waals surface area contributed by atoms with E-state index in [-0.39, 0.29) is 11.4 Å². The second-order valence-electron chi connectivity index (χ2n) is 3.59. The number of carbonyl (C=O) groups excluding carboxylic acids is 1. The van der Waals surface area contributed by atoms with E-state index < -0.39 is 0 Å². The zero-order chi connectivity index (χ0) is 10.3. The Balaban J connectivity index is 4.09. The Morgan fingerprint density at radius 2 is 2.15 bits per heavy atom. The van der Waals surface area contributed by atoms with Crippen LogP contribution in [0.1, 0.15) is 40.0 Å². The Morgan fingerprint density at radius 1 is 1.54 bits per heavy atom. The fourth-order valence-electron chi connectivity index (χ4n) is 1.38. The van der Waals surface area contributed by atoms with Crippen LogP contribution in [-0.2, 0) is 9.53 Å². The van der Waals surface area contributed by atoms with E-state index >= 15 is 0 Å². The van der Waals surface area contributed by atoms with Crippen LogP contribution in [0.5, 0.6) is 0 Å². The van der Waals surface area contributed by atoms with Crippen LogP contribution in [-0.4, -0.2) is 12.6 Å². The third-order valence-corrected chi connectivity index (χ3v) is 2.17. The molecular weight excluding hydrogens is 164 g/mol. The Labute approximate surface area is 81.0 Å². The minimum Gasteiger partial charge on any atom is -0.466 e. The molecule has 0 fully saturated rings. The van der Waals surface area contributed by atoms with Gasteiger partial charge >= 0.3 is 5.97 Å². The molecule has 0 amide bonds. The number of esters is 1. The molecule has 1 atom stereocenters. The minimum absolute atomic E-state index is 0.0962. The normalized spacial score (nSPS) is 14.7. The highest BCUT2D eigenvalue weighted by molar-refractivity contribution is 5.70. The van der Waals surface area contributed by atoms with Crippen LogP contribution >= 0.6 is 0 Å². The number of carbonyl (C=O) groups is 1. The van der Waals surface area contributed by atoms with Gasteiger partial charge in [0.15, 0.2) is 0 Å². The van der Waals surface area contributed by atoms with Crippen LogP contribution in [0.4, 0.5) is 0 Å². The molecule has 0 N–H and O–H groups in total. The molecule has 0 aromatic heterocycles. The maximum atomic E-state index is 11.2. The van der Waals surface area contributed by atoms with Gasteiger partial charge in [-0.1, -0.05) is 26.3 Å². The van der Waals surface area contributed by atoms with Gasteiger partial charge in [-0.2, -0.15) is 0 Å². The Bertz CT molecular complexity index is 175. The molecule has 2 nitrogen and oxygen atoms in total. The van der Waals surface area contributed by atoms with Gasteiger partial charge in [0.2, 0.25) is 0 Å². The molecule has 0 aromatic rings. The summed E-state index contributed by atoms with van der Waals surface area (Å²) in [7, 11) is 0. The van der Waals surface area contributed by atoms with E-state index in [0.29, 0.717) is 13.0 Å². The molecular formula is C11H20O2. The second kappa shape index (κ2) is 5.79.